The lowest BCUT2D eigenvalue weighted by Gasteiger charge is -2.19. The van der Waals surface area contributed by atoms with Gasteiger partial charge >= 0.3 is 0 Å². The Morgan fingerprint density at radius 1 is 1.09 bits per heavy atom. The van der Waals surface area contributed by atoms with E-state index >= 15 is 0 Å². The Bertz CT molecular complexity index is 1200. The van der Waals surface area contributed by atoms with Gasteiger partial charge < -0.3 is 14.2 Å². The first kappa shape index (κ1) is 25.6. The summed E-state index contributed by atoms with van der Waals surface area (Å²) in [5.74, 6) is 2.12. The summed E-state index contributed by atoms with van der Waals surface area (Å²) in [6.07, 6.45) is 7.11. The molecule has 1 aliphatic rings. The van der Waals surface area contributed by atoms with Crippen LogP contribution in [0.5, 0.6) is 17.2 Å². The number of nitriles is 1. The predicted molar refractivity (Wildman–Crippen MR) is 128 cm³/mol. The molecule has 0 fully saturated rings. The van der Waals surface area contributed by atoms with Crippen LogP contribution in [0.15, 0.2) is 59.1 Å². The predicted octanol–water partition coefficient (Wildman–Crippen LogP) is 3.72. The molecule has 1 heterocycles. The Balaban J connectivity index is 0.000000696. The smallest absolute Gasteiger partial charge is 0.261 e. The molecule has 0 aromatic heterocycles. The Labute approximate surface area is 194 Å². The third-order valence-corrected chi connectivity index (χ3v) is 4.56. The van der Waals surface area contributed by atoms with Gasteiger partial charge in [0.1, 0.15) is 11.8 Å². The molecule has 0 atom stereocenters. The van der Waals surface area contributed by atoms with Gasteiger partial charge in [-0.1, -0.05) is 24.3 Å². The third-order valence-electron chi connectivity index (χ3n) is 4.56. The number of fused-ring (bicyclic) bond motifs is 1. The van der Waals surface area contributed by atoms with Crippen LogP contribution in [0.3, 0.4) is 0 Å². The van der Waals surface area contributed by atoms with Crippen LogP contribution in [-0.4, -0.2) is 52.8 Å². The fraction of sp³-hybridized carbons (Fsp3) is 0.250. The standard InChI is InChI=1S/C23H22N2O3.CH4O3S/c1-26-19-9-7-16(8-10-19)5-4-6-18(15-24)23-20-14-22(28-3)21(27-2)13-17(20)11-12-25-23;1-5(2,3)4/h4-10,13-14H,11-12H2,1-3H3;1H3,(H,2,3,4)/b5-4+,18-6+;. The van der Waals surface area contributed by atoms with Gasteiger partial charge in [-0.3, -0.25) is 9.55 Å². The Hall–Kier alpha value is -3.61. The van der Waals surface area contributed by atoms with E-state index in [9.17, 15) is 13.7 Å². The summed E-state index contributed by atoms with van der Waals surface area (Å²) in [6.45, 7) is 0.638. The van der Waals surface area contributed by atoms with Crippen LogP contribution in [0.25, 0.3) is 6.08 Å². The van der Waals surface area contributed by atoms with Gasteiger partial charge in [0.2, 0.25) is 0 Å². The van der Waals surface area contributed by atoms with Gasteiger partial charge in [-0.25, -0.2) is 0 Å². The van der Waals surface area contributed by atoms with E-state index in [-0.39, 0.29) is 0 Å². The van der Waals surface area contributed by atoms with Crippen molar-refractivity contribution in [1.82, 2.24) is 0 Å². The molecule has 0 saturated carbocycles. The highest BCUT2D eigenvalue weighted by Gasteiger charge is 2.20. The number of benzene rings is 2. The molecule has 0 unspecified atom stereocenters. The van der Waals surface area contributed by atoms with Gasteiger partial charge in [-0.05, 0) is 47.9 Å². The molecule has 3 rings (SSSR count). The lowest BCUT2D eigenvalue weighted by Crippen LogP contribution is -2.15. The minimum atomic E-state index is -3.67. The molecule has 9 heteroatoms. The summed E-state index contributed by atoms with van der Waals surface area (Å²) >= 11 is 0. The molecule has 1 N–H and O–H groups in total. The molecule has 1 aliphatic heterocycles. The first-order valence-electron chi connectivity index (χ1n) is 9.85. The van der Waals surface area contributed by atoms with Crippen molar-refractivity contribution in [3.63, 3.8) is 0 Å². The summed E-state index contributed by atoms with van der Waals surface area (Å²) in [4.78, 5) is 4.60. The molecule has 0 spiro atoms. The zero-order valence-electron chi connectivity index (χ0n) is 18.9. The summed E-state index contributed by atoms with van der Waals surface area (Å²) in [5, 5.41) is 9.69. The number of hydrogen-bond acceptors (Lipinski definition) is 7. The van der Waals surface area contributed by atoms with E-state index in [1.807, 2.05) is 48.6 Å². The molecule has 2 aromatic carbocycles. The van der Waals surface area contributed by atoms with Crippen molar-refractivity contribution in [3.05, 3.63) is 70.8 Å². The number of allylic oxidation sites excluding steroid dienone is 3. The van der Waals surface area contributed by atoms with Gasteiger partial charge in [0.15, 0.2) is 11.5 Å². The maximum absolute atomic E-state index is 9.69. The molecule has 2 aromatic rings. The van der Waals surface area contributed by atoms with Crippen molar-refractivity contribution in [2.24, 2.45) is 4.99 Å². The third kappa shape index (κ3) is 7.79. The monoisotopic (exact) mass is 470 g/mol. The van der Waals surface area contributed by atoms with E-state index < -0.39 is 10.1 Å². The van der Waals surface area contributed by atoms with E-state index in [0.717, 1.165) is 28.9 Å². The van der Waals surface area contributed by atoms with Gasteiger partial charge in [-0.2, -0.15) is 13.7 Å². The van der Waals surface area contributed by atoms with E-state index in [2.05, 4.69) is 11.1 Å². The first-order valence-corrected chi connectivity index (χ1v) is 11.7. The number of hydrogen-bond donors (Lipinski definition) is 1. The second-order valence-corrected chi connectivity index (χ2v) is 8.37. The Kier molecular flexibility index (Phi) is 9.21. The van der Waals surface area contributed by atoms with Crippen LogP contribution in [0.4, 0.5) is 0 Å². The fourth-order valence-electron chi connectivity index (χ4n) is 3.09. The molecule has 8 nitrogen and oxygen atoms in total. The van der Waals surface area contributed by atoms with E-state index in [4.69, 9.17) is 18.8 Å². The SMILES string of the molecule is COc1ccc(/C=C/C=C(\C#N)C2=NCCc3cc(OC)c(OC)cc32)cc1.CS(=O)(=O)O. The number of aliphatic imine (C=N–C) groups is 1. The second-order valence-electron chi connectivity index (χ2n) is 6.90. The molecular formula is C24H26N2O6S. The van der Waals surface area contributed by atoms with Crippen molar-refractivity contribution in [2.75, 3.05) is 34.1 Å². The van der Waals surface area contributed by atoms with Gasteiger partial charge in [0, 0.05) is 12.1 Å². The van der Waals surface area contributed by atoms with Crippen LogP contribution < -0.4 is 14.2 Å². The molecule has 0 amide bonds. The van der Waals surface area contributed by atoms with E-state index in [0.29, 0.717) is 35.6 Å². The van der Waals surface area contributed by atoms with E-state index in [1.54, 1.807) is 27.4 Å². The van der Waals surface area contributed by atoms with Gasteiger partial charge in [0.05, 0.1) is 38.9 Å². The topological polar surface area (TPSA) is 118 Å². The largest absolute Gasteiger partial charge is 0.497 e. The highest BCUT2D eigenvalue weighted by molar-refractivity contribution is 7.85. The molecule has 174 valence electrons. The van der Waals surface area contributed by atoms with Crippen LogP contribution in [0, 0.1) is 11.3 Å². The van der Waals surface area contributed by atoms with Crippen molar-refractivity contribution >= 4 is 21.9 Å². The number of nitrogens with zero attached hydrogens (tertiary/aromatic N) is 2. The van der Waals surface area contributed by atoms with Crippen molar-refractivity contribution in [1.29, 1.82) is 5.26 Å². The molecule has 0 aliphatic carbocycles. The molecule has 0 bridgehead atoms. The summed E-state index contributed by atoms with van der Waals surface area (Å²) in [5.41, 5.74) is 4.23. The molecule has 0 radical (unpaired) electrons. The minimum absolute atomic E-state index is 0.512. The summed E-state index contributed by atoms with van der Waals surface area (Å²) in [6, 6.07) is 13.8. The maximum atomic E-state index is 9.69. The quantitative estimate of drug-likeness (QED) is 0.388. The van der Waals surface area contributed by atoms with E-state index in [1.165, 1.54) is 0 Å². The highest BCUT2D eigenvalue weighted by Crippen LogP contribution is 2.33. The molecule has 33 heavy (non-hydrogen) atoms. The van der Waals surface area contributed by atoms with Crippen molar-refractivity contribution < 1.29 is 27.2 Å². The average Bonchev–Trinajstić information content (AvgIpc) is 2.80. The average molecular weight is 471 g/mol. The van der Waals surface area contributed by atoms with Gasteiger partial charge in [-0.15, -0.1) is 0 Å². The van der Waals surface area contributed by atoms with Crippen LogP contribution >= 0.6 is 0 Å². The maximum Gasteiger partial charge on any atom is 0.261 e. The van der Waals surface area contributed by atoms with Crippen LogP contribution in [-0.2, 0) is 16.5 Å². The highest BCUT2D eigenvalue weighted by atomic mass is 32.2. The zero-order valence-corrected chi connectivity index (χ0v) is 19.7. The van der Waals surface area contributed by atoms with Crippen LogP contribution in [0.2, 0.25) is 0 Å². The number of ether oxygens (including phenoxy) is 3. The zero-order chi connectivity index (χ0) is 24.4. The lowest BCUT2D eigenvalue weighted by molar-refractivity contribution is 0.354. The van der Waals surface area contributed by atoms with Crippen LogP contribution in [0.1, 0.15) is 16.7 Å². The number of rotatable bonds is 6. The van der Waals surface area contributed by atoms with Crippen molar-refractivity contribution in [3.8, 4) is 23.3 Å². The molecular weight excluding hydrogens is 444 g/mol. The number of methoxy groups -OCH3 is 3. The normalized spacial score (nSPS) is 13.2. The second kappa shape index (κ2) is 11.9. The fourth-order valence-corrected chi connectivity index (χ4v) is 3.09. The Morgan fingerprint density at radius 3 is 2.24 bits per heavy atom. The minimum Gasteiger partial charge on any atom is -0.497 e. The Morgan fingerprint density at radius 2 is 1.70 bits per heavy atom. The van der Waals surface area contributed by atoms with Gasteiger partial charge in [0.25, 0.3) is 10.1 Å². The first-order chi connectivity index (χ1) is 15.7. The summed E-state index contributed by atoms with van der Waals surface area (Å²) < 4.78 is 41.8. The molecule has 0 saturated heterocycles. The lowest BCUT2D eigenvalue weighted by atomic mass is 9.92. The van der Waals surface area contributed by atoms with Crippen molar-refractivity contribution in [2.45, 2.75) is 6.42 Å². The summed E-state index contributed by atoms with van der Waals surface area (Å²) in [7, 11) is 1.19.